The number of aromatic nitrogens is 1. The molecule has 1 heterocycles. The van der Waals surface area contributed by atoms with Gasteiger partial charge in [-0.1, -0.05) is 18.2 Å². The summed E-state index contributed by atoms with van der Waals surface area (Å²) < 4.78 is 0. The highest BCUT2D eigenvalue weighted by molar-refractivity contribution is 5.94. The lowest BCUT2D eigenvalue weighted by atomic mass is 10.0. The van der Waals surface area contributed by atoms with Crippen LogP contribution in [0.15, 0.2) is 30.5 Å². The second-order valence-electron chi connectivity index (χ2n) is 7.67. The Hall–Kier alpha value is -3.97. The molecule has 0 radical (unpaired) electrons. The van der Waals surface area contributed by atoms with E-state index >= 15 is 0 Å². The zero-order valence-corrected chi connectivity index (χ0v) is 18.3. The van der Waals surface area contributed by atoms with Crippen molar-refractivity contribution in [3.8, 4) is 0 Å². The lowest BCUT2D eigenvalue weighted by Gasteiger charge is -2.21. The van der Waals surface area contributed by atoms with Crippen LogP contribution in [-0.2, 0) is 30.4 Å². The minimum atomic E-state index is -1.57. The molecule has 9 N–H and O–H groups in total. The van der Waals surface area contributed by atoms with E-state index in [9.17, 15) is 34.2 Å². The highest BCUT2D eigenvalue weighted by Crippen LogP contribution is 2.19. The summed E-state index contributed by atoms with van der Waals surface area (Å²) in [5.74, 6) is -5.47. The smallest absolute Gasteiger partial charge is 0.326 e. The molecule has 3 amide bonds. The fraction of sp³-hybridized carbons (Fsp3) is 0.381. The number of benzene rings is 1. The van der Waals surface area contributed by atoms with Gasteiger partial charge in [0.05, 0.1) is 19.1 Å². The molecule has 1 aromatic carbocycles. The fourth-order valence-corrected chi connectivity index (χ4v) is 3.13. The van der Waals surface area contributed by atoms with Crippen LogP contribution in [0.3, 0.4) is 0 Å². The van der Waals surface area contributed by atoms with Gasteiger partial charge in [0.15, 0.2) is 0 Å². The largest absolute Gasteiger partial charge is 0.481 e. The molecule has 2 aromatic rings. The third kappa shape index (κ3) is 7.28. The van der Waals surface area contributed by atoms with E-state index in [1.807, 2.05) is 18.2 Å². The maximum atomic E-state index is 12.3. The minimum absolute atomic E-state index is 0.0199. The van der Waals surface area contributed by atoms with Crippen LogP contribution in [0.2, 0.25) is 0 Å². The van der Waals surface area contributed by atoms with Crippen molar-refractivity contribution >= 4 is 40.6 Å². The number of carboxylic acid groups (broad SMARTS) is 2. The molecule has 0 bridgehead atoms. The summed E-state index contributed by atoms with van der Waals surface area (Å²) >= 11 is 0. The molecule has 0 saturated heterocycles. The van der Waals surface area contributed by atoms with E-state index in [0.29, 0.717) is 5.56 Å². The molecule has 184 valence electrons. The molecular formula is C21H27N5O8. The number of carboxylic acids is 2. The summed E-state index contributed by atoms with van der Waals surface area (Å²) in [5, 5.41) is 35.2. The van der Waals surface area contributed by atoms with Crippen LogP contribution >= 0.6 is 0 Å². The molecule has 13 heteroatoms. The predicted octanol–water partition coefficient (Wildman–Crippen LogP) is -1.94. The first-order valence-electron chi connectivity index (χ1n) is 10.3. The molecule has 2 rings (SSSR count). The van der Waals surface area contributed by atoms with E-state index in [2.05, 4.69) is 20.9 Å². The number of aliphatic hydroxyl groups is 1. The first-order valence-corrected chi connectivity index (χ1v) is 10.3. The van der Waals surface area contributed by atoms with Crippen LogP contribution in [0.4, 0.5) is 0 Å². The zero-order valence-electron chi connectivity index (χ0n) is 18.3. The number of carbonyl (C=O) groups excluding carboxylic acids is 3. The number of aliphatic hydroxyl groups excluding tert-OH is 1. The first-order chi connectivity index (χ1) is 16.0. The number of aliphatic carboxylic acids is 2. The van der Waals surface area contributed by atoms with Gasteiger partial charge in [-0.05, 0) is 18.6 Å². The normalized spacial score (nSPS) is 14.4. The highest BCUT2D eigenvalue weighted by Gasteiger charge is 2.28. The summed E-state index contributed by atoms with van der Waals surface area (Å²) in [4.78, 5) is 62.3. The van der Waals surface area contributed by atoms with E-state index in [-0.39, 0.29) is 6.42 Å². The number of para-hydroxylation sites is 1. The Kier molecular flexibility index (Phi) is 9.10. The van der Waals surface area contributed by atoms with Crippen LogP contribution in [-0.4, -0.2) is 80.7 Å². The Bertz CT molecular complexity index is 1070. The van der Waals surface area contributed by atoms with E-state index in [1.165, 1.54) is 6.92 Å². The van der Waals surface area contributed by atoms with Gasteiger partial charge in [-0.25, -0.2) is 4.79 Å². The minimum Gasteiger partial charge on any atom is -0.481 e. The Morgan fingerprint density at radius 3 is 2.32 bits per heavy atom. The SMILES string of the molecule is CC(O)C(N)C(=O)NC(CC(=O)O)C(=O)NCC(=O)NC(Cc1c[nH]c2ccccc12)C(=O)O. The fourth-order valence-electron chi connectivity index (χ4n) is 3.13. The standard InChI is InChI=1S/C21H27N5O8/c1-10(27)18(22)20(32)26-14(7-17(29)30)19(31)24-9-16(28)25-15(21(33)34)6-11-8-23-13-5-3-2-4-12(11)13/h2-5,8,10,14-15,18,23,27H,6-7,9,22H2,1H3,(H,24,31)(H,25,28)(H,26,32)(H,29,30)(H,33,34). The number of fused-ring (bicyclic) bond motifs is 1. The van der Waals surface area contributed by atoms with Gasteiger partial charge >= 0.3 is 11.9 Å². The molecule has 0 spiro atoms. The molecular weight excluding hydrogens is 450 g/mol. The number of nitrogens with two attached hydrogens (primary N) is 1. The maximum absolute atomic E-state index is 12.3. The average molecular weight is 477 g/mol. The molecule has 4 unspecified atom stereocenters. The second-order valence-corrected chi connectivity index (χ2v) is 7.67. The topological polar surface area (TPSA) is 224 Å². The monoisotopic (exact) mass is 477 g/mol. The number of amides is 3. The number of H-pyrrole nitrogens is 1. The Morgan fingerprint density at radius 2 is 1.71 bits per heavy atom. The van der Waals surface area contributed by atoms with Crippen molar-refractivity contribution in [2.45, 2.75) is 44.0 Å². The molecule has 34 heavy (non-hydrogen) atoms. The average Bonchev–Trinajstić information content (AvgIpc) is 3.18. The van der Waals surface area contributed by atoms with Crippen LogP contribution in [0, 0.1) is 0 Å². The first kappa shape index (κ1) is 26.3. The summed E-state index contributed by atoms with van der Waals surface area (Å²) in [6, 6.07) is 2.99. The Balaban J connectivity index is 1.97. The molecule has 1 aromatic heterocycles. The van der Waals surface area contributed by atoms with Gasteiger partial charge < -0.3 is 42.0 Å². The molecule has 0 fully saturated rings. The Morgan fingerprint density at radius 1 is 1.03 bits per heavy atom. The van der Waals surface area contributed by atoms with Gasteiger partial charge in [0.2, 0.25) is 17.7 Å². The number of carbonyl (C=O) groups is 5. The lowest BCUT2D eigenvalue weighted by Crippen LogP contribution is -2.56. The van der Waals surface area contributed by atoms with Crippen molar-refractivity contribution in [3.63, 3.8) is 0 Å². The van der Waals surface area contributed by atoms with Crippen molar-refractivity contribution in [3.05, 3.63) is 36.0 Å². The number of rotatable bonds is 12. The van der Waals surface area contributed by atoms with Crippen LogP contribution in [0.1, 0.15) is 18.9 Å². The van der Waals surface area contributed by atoms with Gasteiger partial charge in [-0.15, -0.1) is 0 Å². The van der Waals surface area contributed by atoms with Crippen molar-refractivity contribution in [2.75, 3.05) is 6.54 Å². The zero-order chi connectivity index (χ0) is 25.4. The second kappa shape index (κ2) is 11.8. The number of aromatic amines is 1. The van der Waals surface area contributed by atoms with Crippen molar-refractivity contribution in [1.29, 1.82) is 0 Å². The van der Waals surface area contributed by atoms with E-state index in [0.717, 1.165) is 10.9 Å². The third-order valence-electron chi connectivity index (χ3n) is 4.99. The Labute approximate surface area is 193 Å². The van der Waals surface area contributed by atoms with Crippen molar-refractivity contribution in [1.82, 2.24) is 20.9 Å². The van der Waals surface area contributed by atoms with Crippen LogP contribution in [0.5, 0.6) is 0 Å². The third-order valence-corrected chi connectivity index (χ3v) is 4.99. The highest BCUT2D eigenvalue weighted by atomic mass is 16.4. The van der Waals surface area contributed by atoms with E-state index in [1.54, 1.807) is 12.3 Å². The molecule has 0 aliphatic rings. The lowest BCUT2D eigenvalue weighted by molar-refractivity contribution is -0.142. The number of hydrogen-bond acceptors (Lipinski definition) is 7. The van der Waals surface area contributed by atoms with Crippen molar-refractivity contribution in [2.24, 2.45) is 5.73 Å². The summed E-state index contributed by atoms with van der Waals surface area (Å²) in [6.07, 6.45) is -0.423. The van der Waals surface area contributed by atoms with Gasteiger partial charge in [0.25, 0.3) is 0 Å². The van der Waals surface area contributed by atoms with E-state index in [4.69, 9.17) is 10.8 Å². The number of nitrogens with one attached hydrogen (secondary N) is 4. The summed E-state index contributed by atoms with van der Waals surface area (Å²) in [7, 11) is 0. The molecule has 4 atom stereocenters. The van der Waals surface area contributed by atoms with Gasteiger partial charge in [0.1, 0.15) is 18.1 Å². The quantitative estimate of drug-likeness (QED) is 0.170. The number of hydrogen-bond donors (Lipinski definition) is 8. The van der Waals surface area contributed by atoms with Gasteiger partial charge in [-0.2, -0.15) is 0 Å². The van der Waals surface area contributed by atoms with Gasteiger partial charge in [-0.3, -0.25) is 19.2 Å². The summed E-state index contributed by atoms with van der Waals surface area (Å²) in [6.45, 7) is 0.584. The molecule has 13 nitrogen and oxygen atoms in total. The maximum Gasteiger partial charge on any atom is 0.326 e. The van der Waals surface area contributed by atoms with Gasteiger partial charge in [0, 0.05) is 23.5 Å². The van der Waals surface area contributed by atoms with Crippen LogP contribution in [0.25, 0.3) is 10.9 Å². The van der Waals surface area contributed by atoms with Crippen LogP contribution < -0.4 is 21.7 Å². The molecule has 0 aliphatic heterocycles. The molecule has 0 saturated carbocycles. The summed E-state index contributed by atoms with van der Waals surface area (Å²) in [5.41, 5.74) is 6.95. The van der Waals surface area contributed by atoms with Crippen molar-refractivity contribution < 1.29 is 39.3 Å². The predicted molar refractivity (Wildman–Crippen MR) is 118 cm³/mol. The van der Waals surface area contributed by atoms with E-state index < -0.39 is 66.9 Å². The molecule has 0 aliphatic carbocycles.